The first-order chi connectivity index (χ1) is 15.3. The molecule has 2 aromatic carbocycles. The number of carbonyl (C=O) groups is 2. The molecule has 4 rings (SSSR count). The van der Waals surface area contributed by atoms with E-state index in [0.29, 0.717) is 30.7 Å². The summed E-state index contributed by atoms with van der Waals surface area (Å²) in [6, 6.07) is 11.4. The highest BCUT2D eigenvalue weighted by Crippen LogP contribution is 2.33. The number of amides is 2. The molecule has 2 heterocycles. The highest BCUT2D eigenvalue weighted by Gasteiger charge is 2.38. The van der Waals surface area contributed by atoms with Crippen LogP contribution in [0.1, 0.15) is 52.0 Å². The van der Waals surface area contributed by atoms with Crippen LogP contribution in [-0.2, 0) is 6.18 Å². The SMILES string of the molecule is O=C(c1ccc(OC[C@H]2CCCN2C(=O)c2ccccc2C(F)(F)F)cc1)N1CCCC1. The van der Waals surface area contributed by atoms with Gasteiger partial charge in [0.15, 0.2) is 0 Å². The summed E-state index contributed by atoms with van der Waals surface area (Å²) < 4.78 is 45.8. The summed E-state index contributed by atoms with van der Waals surface area (Å²) in [5.41, 5.74) is -0.660. The van der Waals surface area contributed by atoms with Gasteiger partial charge in [0, 0.05) is 25.2 Å². The second-order valence-electron chi connectivity index (χ2n) is 8.17. The highest BCUT2D eigenvalue weighted by atomic mass is 19.4. The predicted octanol–water partition coefficient (Wildman–Crippen LogP) is 4.63. The Labute approximate surface area is 184 Å². The van der Waals surface area contributed by atoms with Crippen molar-refractivity contribution >= 4 is 11.8 Å². The van der Waals surface area contributed by atoms with Crippen molar-refractivity contribution in [2.75, 3.05) is 26.2 Å². The first-order valence-corrected chi connectivity index (χ1v) is 10.8. The molecule has 0 N–H and O–H groups in total. The van der Waals surface area contributed by atoms with E-state index in [1.165, 1.54) is 23.1 Å². The molecule has 2 aromatic rings. The molecule has 0 radical (unpaired) electrons. The molecular formula is C24H25F3N2O3. The zero-order valence-electron chi connectivity index (χ0n) is 17.6. The molecule has 2 aliphatic heterocycles. The van der Waals surface area contributed by atoms with Gasteiger partial charge in [0.25, 0.3) is 11.8 Å². The zero-order chi connectivity index (χ0) is 22.7. The number of carbonyl (C=O) groups excluding carboxylic acids is 2. The van der Waals surface area contributed by atoms with Gasteiger partial charge in [-0.1, -0.05) is 12.1 Å². The van der Waals surface area contributed by atoms with Crippen LogP contribution in [0.3, 0.4) is 0 Å². The minimum Gasteiger partial charge on any atom is -0.491 e. The molecule has 0 aliphatic carbocycles. The van der Waals surface area contributed by atoms with Crippen LogP contribution in [0.15, 0.2) is 48.5 Å². The summed E-state index contributed by atoms with van der Waals surface area (Å²) in [6.07, 6.45) is -1.18. The maximum absolute atomic E-state index is 13.3. The Morgan fingerprint density at radius 3 is 2.28 bits per heavy atom. The van der Waals surface area contributed by atoms with E-state index in [1.807, 2.05) is 4.90 Å². The average molecular weight is 446 g/mol. The lowest BCUT2D eigenvalue weighted by molar-refractivity contribution is -0.138. The van der Waals surface area contributed by atoms with Crippen LogP contribution in [0.2, 0.25) is 0 Å². The van der Waals surface area contributed by atoms with E-state index >= 15 is 0 Å². The van der Waals surface area contributed by atoms with Gasteiger partial charge in [0.1, 0.15) is 12.4 Å². The van der Waals surface area contributed by atoms with Crippen molar-refractivity contribution < 1.29 is 27.5 Å². The van der Waals surface area contributed by atoms with Gasteiger partial charge in [-0.15, -0.1) is 0 Å². The van der Waals surface area contributed by atoms with Gasteiger partial charge in [-0.05, 0) is 62.1 Å². The van der Waals surface area contributed by atoms with Crippen LogP contribution in [0.4, 0.5) is 13.2 Å². The maximum atomic E-state index is 13.3. The van der Waals surface area contributed by atoms with Crippen molar-refractivity contribution in [3.63, 3.8) is 0 Å². The van der Waals surface area contributed by atoms with Gasteiger partial charge in [0.05, 0.1) is 17.2 Å². The third kappa shape index (κ3) is 4.74. The largest absolute Gasteiger partial charge is 0.491 e. The third-order valence-corrected chi connectivity index (χ3v) is 6.04. The minimum atomic E-state index is -4.59. The molecular weight excluding hydrogens is 421 g/mol. The van der Waals surface area contributed by atoms with E-state index in [9.17, 15) is 22.8 Å². The van der Waals surface area contributed by atoms with E-state index in [-0.39, 0.29) is 24.1 Å². The second-order valence-corrected chi connectivity index (χ2v) is 8.17. The molecule has 0 saturated carbocycles. The Hall–Kier alpha value is -3.03. The zero-order valence-corrected chi connectivity index (χ0v) is 17.6. The molecule has 2 aliphatic rings. The Morgan fingerprint density at radius 2 is 1.59 bits per heavy atom. The fraction of sp³-hybridized carbons (Fsp3) is 0.417. The normalized spacial score (nSPS) is 18.8. The smallest absolute Gasteiger partial charge is 0.417 e. The topological polar surface area (TPSA) is 49.9 Å². The summed E-state index contributed by atoms with van der Waals surface area (Å²) in [7, 11) is 0. The average Bonchev–Trinajstić information content (AvgIpc) is 3.49. The van der Waals surface area contributed by atoms with Gasteiger partial charge < -0.3 is 14.5 Å². The fourth-order valence-electron chi connectivity index (χ4n) is 4.34. The Morgan fingerprint density at radius 1 is 0.906 bits per heavy atom. The predicted molar refractivity (Wildman–Crippen MR) is 113 cm³/mol. The number of ether oxygens (including phenoxy) is 1. The molecule has 2 amide bonds. The van der Waals surface area contributed by atoms with Crippen molar-refractivity contribution in [1.29, 1.82) is 0 Å². The summed E-state index contributed by atoms with van der Waals surface area (Å²) in [5.74, 6) is -0.0708. The summed E-state index contributed by atoms with van der Waals surface area (Å²) in [6.45, 7) is 2.13. The number of rotatable bonds is 5. The van der Waals surface area contributed by atoms with Crippen LogP contribution in [0.25, 0.3) is 0 Å². The number of hydrogen-bond acceptors (Lipinski definition) is 3. The van der Waals surface area contributed by atoms with Crippen molar-refractivity contribution in [3.05, 3.63) is 65.2 Å². The summed E-state index contributed by atoms with van der Waals surface area (Å²) in [4.78, 5) is 28.6. The quantitative estimate of drug-likeness (QED) is 0.673. The molecule has 0 aromatic heterocycles. The molecule has 0 bridgehead atoms. The van der Waals surface area contributed by atoms with E-state index in [4.69, 9.17) is 4.74 Å². The van der Waals surface area contributed by atoms with Crippen LogP contribution in [0, 0.1) is 0 Å². The first kappa shape index (κ1) is 22.2. The Balaban J connectivity index is 1.40. The molecule has 8 heteroatoms. The first-order valence-electron chi connectivity index (χ1n) is 10.8. The van der Waals surface area contributed by atoms with Gasteiger partial charge in [-0.3, -0.25) is 9.59 Å². The lowest BCUT2D eigenvalue weighted by atomic mass is 10.1. The number of hydrogen-bond donors (Lipinski definition) is 0. The Kier molecular flexibility index (Phi) is 6.39. The molecule has 0 spiro atoms. The van der Waals surface area contributed by atoms with Crippen molar-refractivity contribution in [1.82, 2.24) is 9.80 Å². The van der Waals surface area contributed by atoms with Crippen molar-refractivity contribution in [2.45, 2.75) is 37.9 Å². The van der Waals surface area contributed by atoms with Crippen LogP contribution < -0.4 is 4.74 Å². The van der Waals surface area contributed by atoms with Crippen molar-refractivity contribution in [2.24, 2.45) is 0 Å². The molecule has 0 unspecified atom stereocenters. The van der Waals surface area contributed by atoms with E-state index in [2.05, 4.69) is 0 Å². The minimum absolute atomic E-state index is 0.00458. The molecule has 1 atom stereocenters. The van der Waals surface area contributed by atoms with Crippen LogP contribution >= 0.6 is 0 Å². The molecule has 170 valence electrons. The van der Waals surface area contributed by atoms with Gasteiger partial charge in [-0.2, -0.15) is 13.2 Å². The van der Waals surface area contributed by atoms with Crippen LogP contribution in [-0.4, -0.2) is 53.9 Å². The van der Waals surface area contributed by atoms with Gasteiger partial charge in [-0.25, -0.2) is 0 Å². The number of nitrogens with zero attached hydrogens (tertiary/aromatic N) is 2. The third-order valence-electron chi connectivity index (χ3n) is 6.04. The van der Waals surface area contributed by atoms with E-state index in [1.54, 1.807) is 24.3 Å². The standard InChI is InChI=1S/C24H25F3N2O3/c25-24(26,27)21-8-2-1-7-20(21)23(31)29-15-5-6-18(29)16-32-19-11-9-17(10-12-19)22(30)28-13-3-4-14-28/h1-2,7-12,18H,3-6,13-16H2/t18-/m1/s1. The van der Waals surface area contributed by atoms with E-state index in [0.717, 1.165) is 32.0 Å². The summed E-state index contributed by atoms with van der Waals surface area (Å²) in [5, 5.41) is 0. The molecule has 32 heavy (non-hydrogen) atoms. The van der Waals surface area contributed by atoms with Crippen LogP contribution in [0.5, 0.6) is 5.75 Å². The van der Waals surface area contributed by atoms with Gasteiger partial charge >= 0.3 is 6.18 Å². The lowest BCUT2D eigenvalue weighted by Gasteiger charge is -2.26. The fourth-order valence-corrected chi connectivity index (χ4v) is 4.34. The lowest BCUT2D eigenvalue weighted by Crippen LogP contribution is -2.39. The van der Waals surface area contributed by atoms with Gasteiger partial charge in [0.2, 0.25) is 0 Å². The molecule has 2 fully saturated rings. The number of halogens is 3. The molecule has 5 nitrogen and oxygen atoms in total. The number of benzene rings is 2. The second kappa shape index (κ2) is 9.22. The van der Waals surface area contributed by atoms with E-state index < -0.39 is 17.6 Å². The monoisotopic (exact) mass is 446 g/mol. The maximum Gasteiger partial charge on any atom is 0.417 e. The highest BCUT2D eigenvalue weighted by molar-refractivity contribution is 5.96. The Bertz CT molecular complexity index is 969. The molecule has 2 saturated heterocycles. The van der Waals surface area contributed by atoms with Crippen molar-refractivity contribution in [3.8, 4) is 5.75 Å². The number of alkyl halides is 3. The summed E-state index contributed by atoms with van der Waals surface area (Å²) >= 11 is 0. The number of likely N-dealkylation sites (tertiary alicyclic amines) is 2.